The zero-order valence-electron chi connectivity index (χ0n) is 9.97. The molecule has 0 saturated heterocycles. The van der Waals surface area contributed by atoms with Crippen LogP contribution in [-0.2, 0) is 9.53 Å². The van der Waals surface area contributed by atoms with Crippen molar-refractivity contribution in [3.05, 3.63) is 0 Å². The van der Waals surface area contributed by atoms with Crippen LogP contribution in [0, 0.1) is 0 Å². The lowest BCUT2D eigenvalue weighted by atomic mass is 10.3. The summed E-state index contributed by atoms with van der Waals surface area (Å²) in [5.74, 6) is 0.0275. The summed E-state index contributed by atoms with van der Waals surface area (Å²) in [6.45, 7) is 7.87. The van der Waals surface area contributed by atoms with Crippen LogP contribution in [-0.4, -0.2) is 38.8 Å². The van der Waals surface area contributed by atoms with Crippen molar-refractivity contribution in [2.75, 3.05) is 32.8 Å². The average molecular weight is 216 g/mol. The molecule has 0 aliphatic heterocycles. The quantitative estimate of drug-likeness (QED) is 0.534. The maximum Gasteiger partial charge on any atom is 0.216 e. The van der Waals surface area contributed by atoms with Gasteiger partial charge in [0, 0.05) is 33.2 Å². The van der Waals surface area contributed by atoms with Gasteiger partial charge in [0.2, 0.25) is 5.91 Å². The van der Waals surface area contributed by atoms with Gasteiger partial charge in [-0.2, -0.15) is 0 Å². The summed E-state index contributed by atoms with van der Waals surface area (Å²) < 4.78 is 5.41. The highest BCUT2D eigenvalue weighted by atomic mass is 16.5. The van der Waals surface area contributed by atoms with E-state index in [1.807, 2.05) is 0 Å². The van der Waals surface area contributed by atoms with Crippen LogP contribution in [0.2, 0.25) is 0 Å². The average Bonchev–Trinajstić information content (AvgIpc) is 2.20. The molecule has 0 spiro atoms. The Morgan fingerprint density at radius 1 is 1.13 bits per heavy atom. The second-order valence-electron chi connectivity index (χ2n) is 3.55. The van der Waals surface area contributed by atoms with Gasteiger partial charge in [-0.15, -0.1) is 0 Å². The maximum atomic E-state index is 10.5. The number of hydrogen-bond acceptors (Lipinski definition) is 3. The summed E-state index contributed by atoms with van der Waals surface area (Å²) in [5.41, 5.74) is 0. The Labute approximate surface area is 92.8 Å². The molecule has 0 aliphatic rings. The van der Waals surface area contributed by atoms with Crippen LogP contribution in [0.5, 0.6) is 0 Å². The van der Waals surface area contributed by atoms with Gasteiger partial charge in [-0.25, -0.2) is 0 Å². The normalized spacial score (nSPS) is 10.3. The van der Waals surface area contributed by atoms with E-state index >= 15 is 0 Å². The van der Waals surface area contributed by atoms with E-state index in [9.17, 15) is 4.79 Å². The number of carbonyl (C=O) groups is 1. The highest BCUT2D eigenvalue weighted by Gasteiger charge is 1.91. The number of amides is 1. The van der Waals surface area contributed by atoms with Crippen molar-refractivity contribution in [3.8, 4) is 0 Å². The zero-order chi connectivity index (χ0) is 11.4. The third-order valence-corrected chi connectivity index (χ3v) is 1.96. The van der Waals surface area contributed by atoms with Gasteiger partial charge in [0.1, 0.15) is 0 Å². The van der Waals surface area contributed by atoms with Crippen molar-refractivity contribution in [1.29, 1.82) is 0 Å². The highest BCUT2D eigenvalue weighted by molar-refractivity contribution is 5.72. The summed E-state index contributed by atoms with van der Waals surface area (Å²) in [7, 11) is 0. The fraction of sp³-hybridized carbons (Fsp3) is 0.909. The Balaban J connectivity index is 2.89. The number of ether oxygens (including phenoxy) is 1. The lowest BCUT2D eigenvalue weighted by molar-refractivity contribution is -0.118. The fourth-order valence-corrected chi connectivity index (χ4v) is 1.10. The molecule has 0 fully saturated rings. The molecule has 1 amide bonds. The molecule has 0 unspecified atom stereocenters. The first-order valence-corrected chi connectivity index (χ1v) is 5.80. The van der Waals surface area contributed by atoms with Gasteiger partial charge < -0.3 is 15.4 Å². The smallest absolute Gasteiger partial charge is 0.216 e. The molecule has 0 aromatic heterocycles. The lowest BCUT2D eigenvalue weighted by Gasteiger charge is -2.05. The predicted molar refractivity (Wildman–Crippen MR) is 61.9 cm³/mol. The van der Waals surface area contributed by atoms with Crippen molar-refractivity contribution < 1.29 is 9.53 Å². The SMILES string of the molecule is CCCCOCCCNCCNC(C)=O. The van der Waals surface area contributed by atoms with Crippen LogP contribution >= 0.6 is 0 Å². The molecular weight excluding hydrogens is 192 g/mol. The van der Waals surface area contributed by atoms with Crippen molar-refractivity contribution >= 4 is 5.91 Å². The standard InChI is InChI=1S/C11H24N2O2/c1-3-4-9-15-10-5-6-12-7-8-13-11(2)14/h12H,3-10H2,1-2H3,(H,13,14). The first-order chi connectivity index (χ1) is 7.27. The molecule has 0 bridgehead atoms. The second kappa shape index (κ2) is 11.5. The molecule has 0 aromatic rings. The van der Waals surface area contributed by atoms with E-state index in [4.69, 9.17) is 4.74 Å². The van der Waals surface area contributed by atoms with Crippen molar-refractivity contribution in [2.24, 2.45) is 0 Å². The Hall–Kier alpha value is -0.610. The Morgan fingerprint density at radius 3 is 2.53 bits per heavy atom. The molecule has 0 atom stereocenters. The van der Waals surface area contributed by atoms with E-state index in [1.54, 1.807) is 0 Å². The van der Waals surface area contributed by atoms with E-state index < -0.39 is 0 Å². The van der Waals surface area contributed by atoms with Crippen LogP contribution in [0.25, 0.3) is 0 Å². The number of nitrogens with one attached hydrogen (secondary N) is 2. The first kappa shape index (κ1) is 14.4. The molecule has 4 heteroatoms. The van der Waals surface area contributed by atoms with Crippen molar-refractivity contribution in [1.82, 2.24) is 10.6 Å². The van der Waals surface area contributed by atoms with Gasteiger partial charge in [-0.05, 0) is 19.4 Å². The summed E-state index contributed by atoms with van der Waals surface area (Å²) in [5, 5.41) is 5.97. The van der Waals surface area contributed by atoms with Crippen LogP contribution < -0.4 is 10.6 Å². The minimum absolute atomic E-state index is 0.0275. The maximum absolute atomic E-state index is 10.5. The lowest BCUT2D eigenvalue weighted by Crippen LogP contribution is -2.30. The van der Waals surface area contributed by atoms with Gasteiger partial charge in [-0.3, -0.25) is 4.79 Å². The summed E-state index contributed by atoms with van der Waals surface area (Å²) >= 11 is 0. The third kappa shape index (κ3) is 13.4. The third-order valence-electron chi connectivity index (χ3n) is 1.96. The summed E-state index contributed by atoms with van der Waals surface area (Å²) in [6.07, 6.45) is 3.37. The predicted octanol–water partition coefficient (Wildman–Crippen LogP) is 0.919. The fourth-order valence-electron chi connectivity index (χ4n) is 1.10. The van der Waals surface area contributed by atoms with Gasteiger partial charge in [-0.1, -0.05) is 13.3 Å². The molecule has 0 rings (SSSR count). The largest absolute Gasteiger partial charge is 0.381 e. The molecule has 90 valence electrons. The number of carbonyl (C=O) groups excluding carboxylic acids is 1. The van der Waals surface area contributed by atoms with E-state index in [0.717, 1.165) is 39.1 Å². The van der Waals surface area contributed by atoms with Gasteiger partial charge >= 0.3 is 0 Å². The number of unbranched alkanes of at least 4 members (excludes halogenated alkanes) is 1. The summed E-state index contributed by atoms with van der Waals surface area (Å²) in [4.78, 5) is 10.5. The van der Waals surface area contributed by atoms with Crippen LogP contribution in [0.15, 0.2) is 0 Å². The van der Waals surface area contributed by atoms with Gasteiger partial charge in [0.15, 0.2) is 0 Å². The van der Waals surface area contributed by atoms with Gasteiger partial charge in [0.25, 0.3) is 0 Å². The Morgan fingerprint density at radius 2 is 1.87 bits per heavy atom. The minimum atomic E-state index is 0.0275. The summed E-state index contributed by atoms with van der Waals surface area (Å²) in [6, 6.07) is 0. The van der Waals surface area contributed by atoms with E-state index in [0.29, 0.717) is 6.54 Å². The zero-order valence-corrected chi connectivity index (χ0v) is 9.97. The number of hydrogen-bond donors (Lipinski definition) is 2. The molecular formula is C11H24N2O2. The molecule has 0 saturated carbocycles. The van der Waals surface area contributed by atoms with Crippen LogP contribution in [0.3, 0.4) is 0 Å². The van der Waals surface area contributed by atoms with Crippen LogP contribution in [0.1, 0.15) is 33.1 Å². The molecule has 0 aromatic carbocycles. The van der Waals surface area contributed by atoms with E-state index in [-0.39, 0.29) is 5.91 Å². The molecule has 0 aliphatic carbocycles. The minimum Gasteiger partial charge on any atom is -0.381 e. The van der Waals surface area contributed by atoms with E-state index in [2.05, 4.69) is 17.6 Å². The number of rotatable bonds is 10. The highest BCUT2D eigenvalue weighted by Crippen LogP contribution is 1.88. The van der Waals surface area contributed by atoms with Gasteiger partial charge in [0.05, 0.1) is 0 Å². The second-order valence-corrected chi connectivity index (χ2v) is 3.55. The van der Waals surface area contributed by atoms with Crippen molar-refractivity contribution in [3.63, 3.8) is 0 Å². The monoisotopic (exact) mass is 216 g/mol. The molecule has 15 heavy (non-hydrogen) atoms. The molecule has 2 N–H and O–H groups in total. The van der Waals surface area contributed by atoms with Crippen molar-refractivity contribution in [2.45, 2.75) is 33.1 Å². The molecule has 0 radical (unpaired) electrons. The van der Waals surface area contributed by atoms with Crippen LogP contribution in [0.4, 0.5) is 0 Å². The molecule has 4 nitrogen and oxygen atoms in total. The topological polar surface area (TPSA) is 50.4 Å². The first-order valence-electron chi connectivity index (χ1n) is 5.80. The Bertz CT molecular complexity index is 152. The Kier molecular flexibility index (Phi) is 11.0. The molecule has 0 heterocycles. The van der Waals surface area contributed by atoms with E-state index in [1.165, 1.54) is 13.3 Å².